The van der Waals surface area contributed by atoms with Crippen molar-refractivity contribution >= 4 is 5.97 Å². The number of hydrogen-bond acceptors (Lipinski definition) is 3. The number of carboxylic acid groups (broad SMARTS) is 1. The van der Waals surface area contributed by atoms with E-state index in [1.807, 2.05) is 12.1 Å². The Morgan fingerprint density at radius 3 is 2.16 bits per heavy atom. The largest absolute Gasteiger partial charge is 0.490 e. The standard InChI is InChI=1S/C15H20FNO.C2HF3O2/c16-14-4-2-1-3-13(14)15(7-8-15)11-17-9-5-12(18)6-10-17;3-2(4,5)1(6)7/h1-4,12,18H,5-11H2;(H,6,7). The van der Waals surface area contributed by atoms with Crippen LogP contribution in [0.3, 0.4) is 0 Å². The van der Waals surface area contributed by atoms with Gasteiger partial charge in [0, 0.05) is 25.0 Å². The molecule has 0 aromatic heterocycles. The Kier molecular flexibility index (Phi) is 6.05. The van der Waals surface area contributed by atoms with Crippen molar-refractivity contribution in [2.75, 3.05) is 19.6 Å². The second-order valence-electron chi connectivity index (χ2n) is 6.57. The Morgan fingerprint density at radius 1 is 1.20 bits per heavy atom. The third kappa shape index (κ3) is 5.40. The summed E-state index contributed by atoms with van der Waals surface area (Å²) in [5.41, 5.74) is 0.935. The van der Waals surface area contributed by atoms with Crippen LogP contribution in [0.25, 0.3) is 0 Å². The molecule has 1 aliphatic heterocycles. The summed E-state index contributed by atoms with van der Waals surface area (Å²) in [5.74, 6) is -2.82. The van der Waals surface area contributed by atoms with Gasteiger partial charge in [-0.3, -0.25) is 0 Å². The Bertz CT molecular complexity index is 594. The smallest absolute Gasteiger partial charge is 0.475 e. The summed E-state index contributed by atoms with van der Waals surface area (Å²) in [5, 5.41) is 16.6. The average molecular weight is 363 g/mol. The maximum absolute atomic E-state index is 13.9. The summed E-state index contributed by atoms with van der Waals surface area (Å²) in [6.07, 6.45) is -1.33. The minimum Gasteiger partial charge on any atom is -0.475 e. The molecule has 2 fully saturated rings. The van der Waals surface area contributed by atoms with Gasteiger partial charge < -0.3 is 15.1 Å². The lowest BCUT2D eigenvalue weighted by molar-refractivity contribution is -0.192. The van der Waals surface area contributed by atoms with Gasteiger partial charge in [0.2, 0.25) is 0 Å². The van der Waals surface area contributed by atoms with Crippen molar-refractivity contribution in [3.63, 3.8) is 0 Å². The summed E-state index contributed by atoms with van der Waals surface area (Å²) >= 11 is 0. The van der Waals surface area contributed by atoms with E-state index in [2.05, 4.69) is 4.90 Å². The van der Waals surface area contributed by atoms with E-state index in [0.29, 0.717) is 0 Å². The number of halogens is 4. The van der Waals surface area contributed by atoms with E-state index < -0.39 is 12.1 Å². The molecule has 3 rings (SSSR count). The van der Waals surface area contributed by atoms with Crippen LogP contribution in [0, 0.1) is 5.82 Å². The van der Waals surface area contributed by atoms with Crippen molar-refractivity contribution < 1.29 is 32.6 Å². The zero-order valence-electron chi connectivity index (χ0n) is 13.6. The molecule has 0 atom stereocenters. The fourth-order valence-electron chi connectivity index (χ4n) is 3.06. The highest BCUT2D eigenvalue weighted by Gasteiger charge is 2.47. The lowest BCUT2D eigenvalue weighted by Crippen LogP contribution is -2.40. The minimum absolute atomic E-state index is 0.0492. The van der Waals surface area contributed by atoms with E-state index in [9.17, 15) is 22.7 Å². The first-order valence-corrected chi connectivity index (χ1v) is 8.10. The second-order valence-corrected chi connectivity index (χ2v) is 6.57. The molecule has 8 heteroatoms. The number of alkyl halides is 3. The van der Waals surface area contributed by atoms with Crippen LogP contribution in [-0.4, -0.2) is 53.0 Å². The Labute approximate surface area is 143 Å². The molecule has 1 aliphatic carbocycles. The molecule has 4 nitrogen and oxygen atoms in total. The zero-order chi connectivity index (χ0) is 18.7. The van der Waals surface area contributed by atoms with Crippen LogP contribution < -0.4 is 0 Å². The van der Waals surface area contributed by atoms with Crippen molar-refractivity contribution in [3.8, 4) is 0 Å². The maximum Gasteiger partial charge on any atom is 0.490 e. The second kappa shape index (κ2) is 7.70. The van der Waals surface area contributed by atoms with Crippen molar-refractivity contribution in [2.45, 2.75) is 43.4 Å². The number of aliphatic hydroxyl groups excluding tert-OH is 1. The molecule has 0 unspecified atom stereocenters. The fraction of sp³-hybridized carbons (Fsp3) is 0.588. The van der Waals surface area contributed by atoms with Crippen LogP contribution >= 0.6 is 0 Å². The summed E-state index contributed by atoms with van der Waals surface area (Å²) in [6.45, 7) is 2.83. The number of nitrogens with zero attached hydrogens (tertiary/aromatic N) is 1. The number of benzene rings is 1. The van der Waals surface area contributed by atoms with Crippen LogP contribution in [-0.2, 0) is 10.2 Å². The third-order valence-corrected chi connectivity index (χ3v) is 4.62. The molecule has 2 N–H and O–H groups in total. The van der Waals surface area contributed by atoms with Gasteiger partial charge in [-0.15, -0.1) is 0 Å². The summed E-state index contributed by atoms with van der Waals surface area (Å²) in [6, 6.07) is 7.18. The molecule has 0 bridgehead atoms. The first-order chi connectivity index (χ1) is 11.6. The monoisotopic (exact) mass is 363 g/mol. The highest BCUT2D eigenvalue weighted by atomic mass is 19.4. The third-order valence-electron chi connectivity index (χ3n) is 4.62. The Hall–Kier alpha value is -1.67. The van der Waals surface area contributed by atoms with Gasteiger partial charge in [0.25, 0.3) is 0 Å². The van der Waals surface area contributed by atoms with Crippen LogP contribution in [0.15, 0.2) is 24.3 Å². The normalized spacial score (nSPS) is 20.5. The first kappa shape index (κ1) is 19.7. The Balaban J connectivity index is 0.000000277. The highest BCUT2D eigenvalue weighted by Crippen LogP contribution is 2.49. The number of aliphatic hydroxyl groups is 1. The predicted molar refractivity (Wildman–Crippen MR) is 82.7 cm³/mol. The van der Waals surface area contributed by atoms with Gasteiger partial charge in [-0.05, 0) is 37.3 Å². The molecular formula is C17H21F4NO3. The summed E-state index contributed by atoms with van der Waals surface area (Å²) in [7, 11) is 0. The summed E-state index contributed by atoms with van der Waals surface area (Å²) in [4.78, 5) is 11.3. The summed E-state index contributed by atoms with van der Waals surface area (Å²) < 4.78 is 45.6. The lowest BCUT2D eigenvalue weighted by atomic mass is 9.93. The fourth-order valence-corrected chi connectivity index (χ4v) is 3.06. The van der Waals surface area contributed by atoms with E-state index in [4.69, 9.17) is 9.90 Å². The topological polar surface area (TPSA) is 60.8 Å². The number of likely N-dealkylation sites (tertiary alicyclic amines) is 1. The molecule has 0 radical (unpaired) electrons. The number of carbonyl (C=O) groups is 1. The van der Waals surface area contributed by atoms with Gasteiger partial charge in [0.15, 0.2) is 0 Å². The highest BCUT2D eigenvalue weighted by molar-refractivity contribution is 5.73. The van der Waals surface area contributed by atoms with E-state index in [1.54, 1.807) is 12.1 Å². The first-order valence-electron chi connectivity index (χ1n) is 8.10. The number of piperidine rings is 1. The van der Waals surface area contributed by atoms with Gasteiger partial charge in [-0.1, -0.05) is 18.2 Å². The van der Waals surface area contributed by atoms with Gasteiger partial charge >= 0.3 is 12.1 Å². The molecule has 2 aliphatic rings. The zero-order valence-corrected chi connectivity index (χ0v) is 13.6. The number of rotatable bonds is 3. The molecule has 1 aromatic rings. The molecule has 1 aromatic carbocycles. The molecule has 1 heterocycles. The lowest BCUT2D eigenvalue weighted by Gasteiger charge is -2.33. The number of carboxylic acids is 1. The molecule has 25 heavy (non-hydrogen) atoms. The maximum atomic E-state index is 13.9. The molecule has 140 valence electrons. The predicted octanol–water partition coefficient (Wildman–Crippen LogP) is 2.95. The van der Waals surface area contributed by atoms with Gasteiger partial charge in [0.05, 0.1) is 6.10 Å². The van der Waals surface area contributed by atoms with Crippen molar-refractivity contribution in [2.24, 2.45) is 0 Å². The van der Waals surface area contributed by atoms with Gasteiger partial charge in [0.1, 0.15) is 5.82 Å². The van der Waals surface area contributed by atoms with Gasteiger partial charge in [-0.25, -0.2) is 9.18 Å². The Morgan fingerprint density at radius 2 is 1.72 bits per heavy atom. The van der Waals surface area contributed by atoms with E-state index in [1.165, 1.54) is 0 Å². The van der Waals surface area contributed by atoms with E-state index in [-0.39, 0.29) is 17.3 Å². The van der Waals surface area contributed by atoms with E-state index >= 15 is 0 Å². The SMILES string of the molecule is O=C(O)C(F)(F)F.OC1CCN(CC2(c3ccccc3F)CC2)CC1. The van der Waals surface area contributed by atoms with Crippen LogP contribution in [0.5, 0.6) is 0 Å². The molecule has 1 saturated carbocycles. The number of hydrogen-bond donors (Lipinski definition) is 2. The van der Waals surface area contributed by atoms with Crippen molar-refractivity contribution in [1.29, 1.82) is 0 Å². The van der Waals surface area contributed by atoms with Crippen LogP contribution in [0.4, 0.5) is 17.6 Å². The molecule has 1 saturated heterocycles. The molecule has 0 amide bonds. The van der Waals surface area contributed by atoms with Gasteiger partial charge in [-0.2, -0.15) is 13.2 Å². The van der Waals surface area contributed by atoms with E-state index in [0.717, 1.165) is 50.9 Å². The minimum atomic E-state index is -5.08. The van der Waals surface area contributed by atoms with Crippen molar-refractivity contribution in [3.05, 3.63) is 35.6 Å². The quantitative estimate of drug-likeness (QED) is 0.811. The molecular weight excluding hydrogens is 342 g/mol. The molecule has 0 spiro atoms. The van der Waals surface area contributed by atoms with Crippen molar-refractivity contribution in [1.82, 2.24) is 4.90 Å². The van der Waals surface area contributed by atoms with Crippen LogP contribution in [0.1, 0.15) is 31.2 Å². The van der Waals surface area contributed by atoms with Crippen LogP contribution in [0.2, 0.25) is 0 Å². The number of aliphatic carboxylic acids is 1. The average Bonchev–Trinajstić information content (AvgIpc) is 3.30.